The van der Waals surface area contributed by atoms with E-state index in [1.165, 1.54) is 6.26 Å². The normalized spacial score (nSPS) is 31.5. The summed E-state index contributed by atoms with van der Waals surface area (Å²) in [6.45, 7) is 4.22. The van der Waals surface area contributed by atoms with E-state index in [0.717, 1.165) is 30.4 Å². The Morgan fingerprint density at radius 3 is 2.50 bits per heavy atom. The van der Waals surface area contributed by atoms with Crippen molar-refractivity contribution in [3.05, 3.63) is 63.6 Å². The van der Waals surface area contributed by atoms with Gasteiger partial charge in [-0.05, 0) is 73.2 Å². The number of benzene rings is 2. The number of carbonyl (C=O) groups excluding carboxylic acids is 1. The van der Waals surface area contributed by atoms with Crippen LogP contribution < -0.4 is 9.50 Å². The molecule has 0 bridgehead atoms. The highest BCUT2D eigenvalue weighted by molar-refractivity contribution is 7.95. The van der Waals surface area contributed by atoms with Crippen LogP contribution in [0.5, 0.6) is 5.75 Å². The fourth-order valence-electron chi connectivity index (χ4n) is 5.96. The fourth-order valence-corrected chi connectivity index (χ4v) is 6.91. The lowest BCUT2D eigenvalue weighted by atomic mass is 9.54. The maximum atomic E-state index is 13.1. The standard InChI is InChI=1S/C25H29Cl2NO3S/c1-5-25-13-12-20(19-11-10-18(14-21(19)27)31-32(3,4)30)22(16-6-8-17(26)9-7-16)23(25)15(2)28-24(25)29/h6-11,14-15,20,22-23H,3,5,12-13H2,1-2,4H3,(H,28,29)/t15-,20+,22?,23+,25-,32?/m1/s1. The Morgan fingerprint density at radius 1 is 1.22 bits per heavy atom. The summed E-state index contributed by atoms with van der Waals surface area (Å²) in [6, 6.07) is 13.5. The van der Waals surface area contributed by atoms with Crippen molar-refractivity contribution in [2.75, 3.05) is 6.26 Å². The first kappa shape index (κ1) is 23.5. The van der Waals surface area contributed by atoms with E-state index >= 15 is 0 Å². The number of fused-ring (bicyclic) bond motifs is 1. The summed E-state index contributed by atoms with van der Waals surface area (Å²) >= 11 is 12.9. The monoisotopic (exact) mass is 493 g/mol. The summed E-state index contributed by atoms with van der Waals surface area (Å²) in [5.41, 5.74) is 1.80. The average molecular weight is 494 g/mol. The van der Waals surface area contributed by atoms with Gasteiger partial charge in [-0.25, -0.2) is 4.21 Å². The third kappa shape index (κ3) is 4.15. The van der Waals surface area contributed by atoms with Gasteiger partial charge >= 0.3 is 0 Å². The van der Waals surface area contributed by atoms with Crippen LogP contribution in [-0.2, 0) is 14.6 Å². The Morgan fingerprint density at radius 2 is 1.91 bits per heavy atom. The Balaban J connectivity index is 1.81. The van der Waals surface area contributed by atoms with Gasteiger partial charge in [-0.3, -0.25) is 4.79 Å². The summed E-state index contributed by atoms with van der Waals surface area (Å²) < 4.78 is 17.4. The quantitative estimate of drug-likeness (QED) is 0.533. The van der Waals surface area contributed by atoms with Crippen LogP contribution in [0.2, 0.25) is 10.0 Å². The van der Waals surface area contributed by atoms with Crippen LogP contribution in [0.3, 0.4) is 0 Å². The summed E-state index contributed by atoms with van der Waals surface area (Å²) in [5, 5.41) is 4.49. The SMILES string of the molecule is C=S(C)(=O)Oc1ccc([C@@H]2CC[C@@]3(CC)C(=O)N[C@H](C)[C@H]3C2c2ccc(Cl)cc2)c(Cl)c1. The minimum atomic E-state index is -2.64. The molecule has 2 fully saturated rings. The lowest BCUT2D eigenvalue weighted by Crippen LogP contribution is -2.43. The second kappa shape index (κ2) is 8.58. The molecular weight excluding hydrogens is 465 g/mol. The summed E-state index contributed by atoms with van der Waals surface area (Å²) in [4.78, 5) is 13.1. The maximum absolute atomic E-state index is 13.1. The molecule has 2 aromatic carbocycles. The van der Waals surface area contributed by atoms with Crippen molar-refractivity contribution < 1.29 is 13.2 Å². The molecule has 1 saturated carbocycles. The van der Waals surface area contributed by atoms with E-state index in [-0.39, 0.29) is 35.1 Å². The van der Waals surface area contributed by atoms with Crippen LogP contribution in [0.1, 0.15) is 56.1 Å². The van der Waals surface area contributed by atoms with Gasteiger partial charge in [0.15, 0.2) is 0 Å². The molecule has 6 atom stereocenters. The molecule has 2 aliphatic rings. The van der Waals surface area contributed by atoms with Gasteiger partial charge < -0.3 is 9.50 Å². The second-order valence-electron chi connectivity index (χ2n) is 9.21. The van der Waals surface area contributed by atoms with Crippen molar-refractivity contribution in [2.45, 2.75) is 51.0 Å². The minimum Gasteiger partial charge on any atom is -0.409 e. The second-order valence-corrected chi connectivity index (χ2v) is 12.1. The van der Waals surface area contributed by atoms with Crippen molar-refractivity contribution in [1.29, 1.82) is 0 Å². The van der Waals surface area contributed by atoms with Crippen LogP contribution in [0.15, 0.2) is 42.5 Å². The number of halogens is 2. The Labute approximate surface area is 200 Å². The Bertz CT molecular complexity index is 1130. The smallest absolute Gasteiger partial charge is 0.226 e. The molecular formula is C25H29Cl2NO3S. The largest absolute Gasteiger partial charge is 0.409 e. The molecule has 2 aromatic rings. The van der Waals surface area contributed by atoms with E-state index in [9.17, 15) is 9.00 Å². The molecule has 4 rings (SSSR count). The molecule has 1 amide bonds. The molecule has 0 spiro atoms. The summed E-state index contributed by atoms with van der Waals surface area (Å²) in [7, 11) is -2.64. The zero-order chi connectivity index (χ0) is 23.3. The molecule has 1 aliphatic heterocycles. The lowest BCUT2D eigenvalue weighted by Gasteiger charge is -2.47. The van der Waals surface area contributed by atoms with Gasteiger partial charge in [0.25, 0.3) is 0 Å². The summed E-state index contributed by atoms with van der Waals surface area (Å²) in [5.74, 6) is 4.52. The fraction of sp³-hybridized carbons (Fsp3) is 0.440. The van der Waals surface area contributed by atoms with E-state index in [4.69, 9.17) is 27.4 Å². The first-order chi connectivity index (χ1) is 15.1. The molecule has 0 aromatic heterocycles. The number of rotatable bonds is 5. The molecule has 1 N–H and O–H groups in total. The third-order valence-corrected chi connectivity index (χ3v) is 8.36. The highest BCUT2D eigenvalue weighted by Gasteiger charge is 2.59. The first-order valence-electron chi connectivity index (χ1n) is 10.9. The minimum absolute atomic E-state index is 0.0586. The lowest BCUT2D eigenvalue weighted by molar-refractivity contribution is -0.131. The van der Waals surface area contributed by atoms with E-state index in [1.807, 2.05) is 18.2 Å². The van der Waals surface area contributed by atoms with Gasteiger partial charge in [-0.15, -0.1) is 0 Å². The van der Waals surface area contributed by atoms with Crippen LogP contribution in [0, 0.1) is 11.3 Å². The predicted molar refractivity (Wildman–Crippen MR) is 133 cm³/mol. The van der Waals surface area contributed by atoms with Crippen molar-refractivity contribution in [1.82, 2.24) is 5.32 Å². The van der Waals surface area contributed by atoms with Crippen molar-refractivity contribution >= 4 is 44.8 Å². The molecule has 7 heteroatoms. The maximum Gasteiger partial charge on any atom is 0.226 e. The van der Waals surface area contributed by atoms with E-state index < -0.39 is 9.80 Å². The van der Waals surface area contributed by atoms with Gasteiger partial charge in [-0.1, -0.05) is 48.3 Å². The zero-order valence-corrected chi connectivity index (χ0v) is 20.9. The number of hydrogen-bond acceptors (Lipinski definition) is 3. The Hall–Kier alpha value is -1.69. The number of hydrogen-bond donors (Lipinski definition) is 1. The molecule has 0 radical (unpaired) electrons. The van der Waals surface area contributed by atoms with Gasteiger partial charge in [0.1, 0.15) is 15.6 Å². The van der Waals surface area contributed by atoms with Gasteiger partial charge in [-0.2, -0.15) is 0 Å². The topological polar surface area (TPSA) is 55.4 Å². The average Bonchev–Trinajstić information content (AvgIpc) is 2.97. The summed E-state index contributed by atoms with van der Waals surface area (Å²) in [6.07, 6.45) is 3.91. The van der Waals surface area contributed by atoms with Crippen LogP contribution >= 0.6 is 23.2 Å². The molecule has 1 saturated heterocycles. The van der Waals surface area contributed by atoms with E-state index in [1.54, 1.807) is 12.1 Å². The molecule has 1 heterocycles. The molecule has 2 unspecified atom stereocenters. The van der Waals surface area contributed by atoms with Crippen LogP contribution in [0.25, 0.3) is 0 Å². The molecule has 32 heavy (non-hydrogen) atoms. The van der Waals surface area contributed by atoms with Gasteiger partial charge in [0.05, 0.1) is 5.41 Å². The van der Waals surface area contributed by atoms with E-state index in [0.29, 0.717) is 15.8 Å². The van der Waals surface area contributed by atoms with Crippen LogP contribution in [0.4, 0.5) is 0 Å². The highest BCUT2D eigenvalue weighted by Crippen LogP contribution is 2.60. The molecule has 4 nitrogen and oxygen atoms in total. The predicted octanol–water partition coefficient (Wildman–Crippen LogP) is 5.83. The Kier molecular flexibility index (Phi) is 6.30. The van der Waals surface area contributed by atoms with Gasteiger partial charge in [0, 0.05) is 34.3 Å². The van der Waals surface area contributed by atoms with Crippen molar-refractivity contribution in [3.8, 4) is 5.75 Å². The third-order valence-electron chi connectivity index (χ3n) is 7.24. The van der Waals surface area contributed by atoms with Crippen LogP contribution in [-0.4, -0.2) is 28.3 Å². The first-order valence-corrected chi connectivity index (χ1v) is 13.7. The number of amides is 1. The van der Waals surface area contributed by atoms with Crippen molar-refractivity contribution in [2.24, 2.45) is 11.3 Å². The van der Waals surface area contributed by atoms with Gasteiger partial charge in [0.2, 0.25) is 5.91 Å². The highest BCUT2D eigenvalue weighted by atomic mass is 35.5. The molecule has 172 valence electrons. The zero-order valence-electron chi connectivity index (χ0n) is 18.6. The van der Waals surface area contributed by atoms with Crippen molar-refractivity contribution in [3.63, 3.8) is 0 Å². The van der Waals surface area contributed by atoms with E-state index in [2.05, 4.69) is 37.2 Å². The molecule has 1 aliphatic carbocycles. The number of nitrogens with one attached hydrogen (secondary N) is 1. The number of carbonyl (C=O) groups is 1.